The van der Waals surface area contributed by atoms with E-state index in [-0.39, 0.29) is 12.4 Å². The third-order valence-corrected chi connectivity index (χ3v) is 5.85. The van der Waals surface area contributed by atoms with Crippen molar-refractivity contribution >= 4 is 24.0 Å². The quantitative estimate of drug-likeness (QED) is 0.854. The van der Waals surface area contributed by atoms with Crippen molar-refractivity contribution in [3.8, 4) is 11.5 Å². The molecule has 0 spiro atoms. The zero-order valence-corrected chi connectivity index (χ0v) is 16.2. The van der Waals surface area contributed by atoms with Gasteiger partial charge in [0, 0.05) is 19.0 Å². The number of nitrogens with zero attached hydrogens (tertiary/aromatic N) is 1. The molecule has 4 nitrogen and oxygen atoms in total. The summed E-state index contributed by atoms with van der Waals surface area (Å²) in [5.41, 5.74) is 1.22. The van der Waals surface area contributed by atoms with E-state index in [0.717, 1.165) is 30.7 Å². The lowest BCUT2D eigenvalue weighted by Gasteiger charge is -2.35. The Morgan fingerprint density at radius 3 is 2.64 bits per heavy atom. The molecule has 0 bridgehead atoms. The molecule has 1 atom stereocenters. The van der Waals surface area contributed by atoms with Crippen LogP contribution in [0.25, 0.3) is 0 Å². The van der Waals surface area contributed by atoms with Gasteiger partial charge in [0.2, 0.25) is 0 Å². The molecule has 0 saturated carbocycles. The van der Waals surface area contributed by atoms with E-state index in [1.54, 1.807) is 0 Å². The van der Waals surface area contributed by atoms with Crippen molar-refractivity contribution in [2.45, 2.75) is 44.7 Å². The summed E-state index contributed by atoms with van der Waals surface area (Å²) < 4.78 is 11.5. The zero-order chi connectivity index (χ0) is 16.4. The second kappa shape index (κ2) is 8.81. The Bertz CT molecular complexity index is 571. The lowest BCUT2D eigenvalue weighted by molar-refractivity contribution is 0.157. The number of hydrogen-bond acceptors (Lipinski definition) is 4. The van der Waals surface area contributed by atoms with Crippen molar-refractivity contribution < 1.29 is 9.47 Å². The largest absolute Gasteiger partial charge is 0.489 e. The molecule has 1 aromatic rings. The van der Waals surface area contributed by atoms with Gasteiger partial charge in [-0.25, -0.2) is 0 Å². The fraction of sp³-hybridized carbons (Fsp3) is 0.684. The Labute approximate surface area is 161 Å². The van der Waals surface area contributed by atoms with Crippen molar-refractivity contribution in [3.05, 3.63) is 22.7 Å². The lowest BCUT2D eigenvalue weighted by atomic mass is 9.88. The molecule has 1 N–H and O–H groups in total. The van der Waals surface area contributed by atoms with Crippen molar-refractivity contribution in [3.63, 3.8) is 0 Å². The summed E-state index contributed by atoms with van der Waals surface area (Å²) in [4.78, 5) is 2.54. The first-order valence-corrected chi connectivity index (χ1v) is 9.71. The third kappa shape index (κ3) is 4.54. The minimum atomic E-state index is 0. The number of fused-ring (bicyclic) bond motifs is 1. The molecule has 0 aromatic heterocycles. The highest BCUT2D eigenvalue weighted by Crippen LogP contribution is 2.38. The van der Waals surface area contributed by atoms with Gasteiger partial charge in [0.15, 0.2) is 11.5 Å². The molecule has 3 heterocycles. The summed E-state index contributed by atoms with van der Waals surface area (Å²) in [5, 5.41) is 4.35. The number of piperidine rings is 1. The van der Waals surface area contributed by atoms with Crippen LogP contribution in [0.4, 0.5) is 0 Å². The first-order valence-electron chi connectivity index (χ1n) is 9.33. The SMILES string of the molecule is Cl.Clc1cc(CN2CCC(C3CCCN3)CC2)cc2c1OCCCO2. The number of halogens is 2. The van der Waals surface area contributed by atoms with Crippen LogP contribution in [0.1, 0.15) is 37.7 Å². The van der Waals surface area contributed by atoms with E-state index in [9.17, 15) is 0 Å². The normalized spacial score (nSPS) is 24.6. The van der Waals surface area contributed by atoms with Crippen molar-refractivity contribution in [1.82, 2.24) is 10.2 Å². The van der Waals surface area contributed by atoms with E-state index in [1.807, 2.05) is 6.07 Å². The molecular formula is C19H28Cl2N2O2. The maximum absolute atomic E-state index is 6.42. The fourth-order valence-corrected chi connectivity index (χ4v) is 4.55. The summed E-state index contributed by atoms with van der Waals surface area (Å²) in [6.45, 7) is 5.88. The Kier molecular flexibility index (Phi) is 6.73. The molecule has 140 valence electrons. The van der Waals surface area contributed by atoms with Crippen LogP contribution in [0.15, 0.2) is 12.1 Å². The third-order valence-electron chi connectivity index (χ3n) is 5.57. The molecular weight excluding hydrogens is 359 g/mol. The minimum absolute atomic E-state index is 0. The number of nitrogens with one attached hydrogen (secondary N) is 1. The molecule has 6 heteroatoms. The van der Waals surface area contributed by atoms with Gasteiger partial charge in [-0.15, -0.1) is 12.4 Å². The van der Waals surface area contributed by atoms with Gasteiger partial charge in [-0.3, -0.25) is 4.90 Å². The summed E-state index contributed by atoms with van der Waals surface area (Å²) in [6, 6.07) is 4.91. The van der Waals surface area contributed by atoms with Gasteiger partial charge < -0.3 is 14.8 Å². The van der Waals surface area contributed by atoms with Crippen LogP contribution in [-0.4, -0.2) is 43.8 Å². The Hall–Kier alpha value is -0.680. The monoisotopic (exact) mass is 386 g/mol. The van der Waals surface area contributed by atoms with Gasteiger partial charge in [-0.1, -0.05) is 11.6 Å². The smallest absolute Gasteiger partial charge is 0.179 e. The molecule has 0 radical (unpaired) electrons. The van der Waals surface area contributed by atoms with E-state index in [1.165, 1.54) is 50.9 Å². The minimum Gasteiger partial charge on any atom is -0.489 e. The lowest BCUT2D eigenvalue weighted by Crippen LogP contribution is -2.40. The number of likely N-dealkylation sites (tertiary alicyclic amines) is 1. The molecule has 3 aliphatic heterocycles. The van der Waals surface area contributed by atoms with E-state index >= 15 is 0 Å². The predicted molar refractivity (Wildman–Crippen MR) is 103 cm³/mol. The van der Waals surface area contributed by atoms with E-state index in [0.29, 0.717) is 24.0 Å². The molecule has 1 unspecified atom stereocenters. The maximum atomic E-state index is 6.42. The second-order valence-electron chi connectivity index (χ2n) is 7.27. The van der Waals surface area contributed by atoms with Crippen molar-refractivity contribution in [2.24, 2.45) is 5.92 Å². The summed E-state index contributed by atoms with van der Waals surface area (Å²) in [6.07, 6.45) is 6.22. The Balaban J connectivity index is 0.00000182. The van der Waals surface area contributed by atoms with Crippen LogP contribution in [-0.2, 0) is 6.54 Å². The molecule has 2 saturated heterocycles. The molecule has 25 heavy (non-hydrogen) atoms. The molecule has 2 fully saturated rings. The van der Waals surface area contributed by atoms with E-state index in [2.05, 4.69) is 16.3 Å². The molecule has 0 amide bonds. The van der Waals surface area contributed by atoms with Crippen molar-refractivity contribution in [1.29, 1.82) is 0 Å². The van der Waals surface area contributed by atoms with Crippen LogP contribution >= 0.6 is 24.0 Å². The fourth-order valence-electron chi connectivity index (χ4n) is 4.26. The number of rotatable bonds is 3. The first kappa shape index (κ1) is 19.1. The van der Waals surface area contributed by atoms with Crippen LogP contribution in [0, 0.1) is 5.92 Å². The number of benzene rings is 1. The average molecular weight is 387 g/mol. The van der Waals surface area contributed by atoms with Gasteiger partial charge >= 0.3 is 0 Å². The summed E-state index contributed by atoms with van der Waals surface area (Å²) in [5.74, 6) is 2.38. The summed E-state index contributed by atoms with van der Waals surface area (Å²) >= 11 is 6.42. The summed E-state index contributed by atoms with van der Waals surface area (Å²) in [7, 11) is 0. The topological polar surface area (TPSA) is 33.7 Å². The van der Waals surface area contributed by atoms with Gasteiger partial charge in [-0.2, -0.15) is 0 Å². The predicted octanol–water partition coefficient (Wildman–Crippen LogP) is 3.89. The van der Waals surface area contributed by atoms with Gasteiger partial charge in [0.05, 0.1) is 18.2 Å². The standard InChI is InChI=1S/C19H27ClN2O2.ClH/c20-16-11-14(12-18-19(16)24-10-2-9-23-18)13-22-7-4-15(5-8-22)17-3-1-6-21-17;/h11-12,15,17,21H,1-10,13H2;1H. The Morgan fingerprint density at radius 1 is 1.08 bits per heavy atom. The average Bonchev–Trinajstić information content (AvgIpc) is 3.01. The zero-order valence-electron chi connectivity index (χ0n) is 14.6. The van der Waals surface area contributed by atoms with Crippen LogP contribution in [0.5, 0.6) is 11.5 Å². The van der Waals surface area contributed by atoms with Crippen LogP contribution in [0.3, 0.4) is 0 Å². The van der Waals surface area contributed by atoms with E-state index in [4.69, 9.17) is 21.1 Å². The molecule has 4 rings (SSSR count). The highest BCUT2D eigenvalue weighted by atomic mass is 35.5. The van der Waals surface area contributed by atoms with Gasteiger partial charge in [0.1, 0.15) is 0 Å². The van der Waals surface area contributed by atoms with Gasteiger partial charge in [0.25, 0.3) is 0 Å². The van der Waals surface area contributed by atoms with Gasteiger partial charge in [-0.05, 0) is 68.9 Å². The molecule has 0 aliphatic carbocycles. The van der Waals surface area contributed by atoms with E-state index < -0.39 is 0 Å². The number of ether oxygens (including phenoxy) is 2. The van der Waals surface area contributed by atoms with Crippen LogP contribution in [0.2, 0.25) is 5.02 Å². The molecule has 1 aromatic carbocycles. The van der Waals surface area contributed by atoms with Crippen molar-refractivity contribution in [2.75, 3.05) is 32.8 Å². The number of hydrogen-bond donors (Lipinski definition) is 1. The highest BCUT2D eigenvalue weighted by Gasteiger charge is 2.28. The second-order valence-corrected chi connectivity index (χ2v) is 7.68. The Morgan fingerprint density at radius 2 is 1.88 bits per heavy atom. The maximum Gasteiger partial charge on any atom is 0.179 e. The highest BCUT2D eigenvalue weighted by molar-refractivity contribution is 6.32. The van der Waals surface area contributed by atoms with Crippen LogP contribution < -0.4 is 14.8 Å². The first-order chi connectivity index (χ1) is 11.8. The molecule has 3 aliphatic rings.